The predicted molar refractivity (Wildman–Crippen MR) is 69.7 cm³/mol. The van der Waals surface area contributed by atoms with Gasteiger partial charge in [0.05, 0.1) is 29.3 Å². The summed E-state index contributed by atoms with van der Waals surface area (Å²) in [6, 6.07) is 0. The molecule has 0 radical (unpaired) electrons. The molecule has 0 saturated carbocycles. The molecule has 2 N–H and O–H groups in total. The van der Waals surface area contributed by atoms with Crippen LogP contribution in [0.1, 0.15) is 50.2 Å². The molecule has 1 aromatic rings. The fraction of sp³-hybridized carbons (Fsp3) is 0.357. The van der Waals surface area contributed by atoms with Crippen LogP contribution in [0.4, 0.5) is 0 Å². The van der Waals surface area contributed by atoms with Crippen molar-refractivity contribution in [3.8, 4) is 0 Å². The molecule has 1 aliphatic carbocycles. The van der Waals surface area contributed by atoms with Crippen LogP contribution < -0.4 is 0 Å². The zero-order chi connectivity index (χ0) is 14.4. The molecule has 1 saturated heterocycles. The van der Waals surface area contributed by atoms with Crippen molar-refractivity contribution >= 4 is 17.3 Å². The number of aliphatic hydroxyl groups is 1. The highest BCUT2D eigenvalue weighted by Crippen LogP contribution is 2.31. The normalized spacial score (nSPS) is 17.1. The number of aromatic amines is 1. The molecule has 20 heavy (non-hydrogen) atoms. The first kappa shape index (κ1) is 12.8. The predicted octanol–water partition coefficient (Wildman–Crippen LogP) is 0.678. The second-order valence-electron chi connectivity index (χ2n) is 4.87. The number of hydrogen-bond donors (Lipinski definition) is 2. The Labute approximate surface area is 115 Å². The molecule has 0 bridgehead atoms. The number of hydrogen-bond acceptors (Lipinski definition) is 5. The third-order valence-corrected chi connectivity index (χ3v) is 3.62. The molecular formula is C14H14N2O4. The molecule has 0 spiro atoms. The number of aromatic nitrogens is 1. The maximum atomic E-state index is 12.4. The number of Topliss-reactive ketones (excluding diaryl/α,β-unsaturated/α-hetero) is 2. The zero-order valence-corrected chi connectivity index (χ0v) is 11.0. The van der Waals surface area contributed by atoms with Crippen molar-refractivity contribution in [2.45, 2.75) is 20.0 Å². The Morgan fingerprint density at radius 3 is 2.65 bits per heavy atom. The number of fused-ring (bicyclic) bond motifs is 1. The Balaban J connectivity index is 2.16. The molecule has 0 aromatic carbocycles. The van der Waals surface area contributed by atoms with Gasteiger partial charge in [-0.3, -0.25) is 14.4 Å². The smallest absolute Gasteiger partial charge is 0.211 e. The number of aliphatic hydroxyl groups excluding tert-OH is 1. The van der Waals surface area contributed by atoms with E-state index in [2.05, 4.69) is 4.98 Å². The van der Waals surface area contributed by atoms with Crippen molar-refractivity contribution < 1.29 is 19.5 Å². The highest BCUT2D eigenvalue weighted by molar-refractivity contribution is 6.25. The summed E-state index contributed by atoms with van der Waals surface area (Å²) in [6.07, 6.45) is 1.54. The SMILES string of the molecule is CCC(=O)c1[nH]c2c(c1CO)C(=O)C(N1CC1)=CC2=O. The van der Waals surface area contributed by atoms with Crippen molar-refractivity contribution in [1.29, 1.82) is 0 Å². The third-order valence-electron chi connectivity index (χ3n) is 3.62. The van der Waals surface area contributed by atoms with Crippen molar-refractivity contribution in [2.24, 2.45) is 0 Å². The van der Waals surface area contributed by atoms with Crippen molar-refractivity contribution in [3.05, 3.63) is 34.3 Å². The fourth-order valence-electron chi connectivity index (χ4n) is 2.46. The minimum atomic E-state index is -0.445. The number of allylic oxidation sites excluding steroid dienone is 2. The van der Waals surface area contributed by atoms with Crippen molar-refractivity contribution in [2.75, 3.05) is 13.1 Å². The van der Waals surface area contributed by atoms with Gasteiger partial charge in [-0.1, -0.05) is 6.92 Å². The van der Waals surface area contributed by atoms with E-state index in [4.69, 9.17) is 0 Å². The van der Waals surface area contributed by atoms with Crippen LogP contribution in [0.3, 0.4) is 0 Å². The molecule has 6 heteroatoms. The van der Waals surface area contributed by atoms with Gasteiger partial charge < -0.3 is 15.0 Å². The molecule has 1 aromatic heterocycles. The average molecular weight is 274 g/mol. The van der Waals surface area contributed by atoms with E-state index >= 15 is 0 Å². The lowest BCUT2D eigenvalue weighted by molar-refractivity contribution is 0.0966. The Morgan fingerprint density at radius 2 is 2.10 bits per heavy atom. The summed E-state index contributed by atoms with van der Waals surface area (Å²) >= 11 is 0. The van der Waals surface area contributed by atoms with E-state index in [-0.39, 0.29) is 46.3 Å². The molecule has 1 fully saturated rings. The van der Waals surface area contributed by atoms with Crippen LogP contribution in [0, 0.1) is 0 Å². The summed E-state index contributed by atoms with van der Waals surface area (Å²) in [5, 5.41) is 9.48. The Kier molecular flexibility index (Phi) is 2.83. The minimum absolute atomic E-state index is 0.112. The first-order valence-electron chi connectivity index (χ1n) is 6.53. The van der Waals surface area contributed by atoms with E-state index in [1.54, 1.807) is 11.8 Å². The van der Waals surface area contributed by atoms with Crippen LogP contribution in [-0.2, 0) is 6.61 Å². The standard InChI is InChI=1S/C14H14N2O4/c1-2-9(18)12-7(6-17)11-13(15-12)10(19)5-8(14(11)20)16-3-4-16/h5,15,17H,2-4,6H2,1H3. The summed E-state index contributed by atoms with van der Waals surface area (Å²) in [7, 11) is 0. The van der Waals surface area contributed by atoms with Crippen molar-refractivity contribution in [3.63, 3.8) is 0 Å². The van der Waals surface area contributed by atoms with Crippen LogP contribution in [0.25, 0.3) is 0 Å². The Hall–Kier alpha value is -2.21. The second kappa shape index (κ2) is 4.42. The second-order valence-corrected chi connectivity index (χ2v) is 4.87. The highest BCUT2D eigenvalue weighted by Gasteiger charge is 2.37. The van der Waals surface area contributed by atoms with Gasteiger partial charge in [0.15, 0.2) is 5.78 Å². The van der Waals surface area contributed by atoms with Crippen LogP contribution in [-0.4, -0.2) is 45.4 Å². The first-order chi connectivity index (χ1) is 9.58. The molecule has 2 heterocycles. The molecule has 0 amide bonds. The van der Waals surface area contributed by atoms with Gasteiger partial charge in [0.1, 0.15) is 0 Å². The summed E-state index contributed by atoms with van der Waals surface area (Å²) in [5.74, 6) is -0.851. The summed E-state index contributed by atoms with van der Waals surface area (Å²) in [6.45, 7) is 2.74. The van der Waals surface area contributed by atoms with Gasteiger partial charge in [-0.05, 0) is 0 Å². The van der Waals surface area contributed by atoms with Gasteiger partial charge in [0.25, 0.3) is 0 Å². The number of ketones is 3. The van der Waals surface area contributed by atoms with E-state index in [9.17, 15) is 19.5 Å². The maximum absolute atomic E-state index is 12.4. The molecule has 6 nitrogen and oxygen atoms in total. The van der Waals surface area contributed by atoms with Crippen LogP contribution in [0.15, 0.2) is 11.8 Å². The lowest BCUT2D eigenvalue weighted by atomic mass is 9.94. The molecule has 2 aliphatic rings. The maximum Gasteiger partial charge on any atom is 0.211 e. The van der Waals surface area contributed by atoms with E-state index < -0.39 is 6.61 Å². The number of H-pyrrole nitrogens is 1. The van der Waals surface area contributed by atoms with Gasteiger partial charge in [-0.15, -0.1) is 0 Å². The van der Waals surface area contributed by atoms with Crippen molar-refractivity contribution in [1.82, 2.24) is 9.88 Å². The molecule has 3 rings (SSSR count). The van der Waals surface area contributed by atoms with Gasteiger partial charge in [0, 0.05) is 31.1 Å². The van der Waals surface area contributed by atoms with Gasteiger partial charge in [-0.2, -0.15) is 0 Å². The Bertz CT molecular complexity index is 665. The topological polar surface area (TPSA) is 90.2 Å². The summed E-state index contributed by atoms with van der Waals surface area (Å²) < 4.78 is 0. The van der Waals surface area contributed by atoms with E-state index in [1.165, 1.54) is 6.08 Å². The van der Waals surface area contributed by atoms with E-state index in [0.29, 0.717) is 5.70 Å². The molecular weight excluding hydrogens is 260 g/mol. The van der Waals surface area contributed by atoms with Crippen LogP contribution >= 0.6 is 0 Å². The number of carbonyl (C=O) groups is 3. The minimum Gasteiger partial charge on any atom is -0.392 e. The van der Waals surface area contributed by atoms with Gasteiger partial charge in [0.2, 0.25) is 11.6 Å². The summed E-state index contributed by atoms with van der Waals surface area (Å²) in [5.41, 5.74) is 1.02. The zero-order valence-electron chi connectivity index (χ0n) is 11.0. The van der Waals surface area contributed by atoms with Crippen LogP contribution in [0.5, 0.6) is 0 Å². The molecule has 0 unspecified atom stereocenters. The van der Waals surface area contributed by atoms with Gasteiger partial charge >= 0.3 is 0 Å². The number of rotatable bonds is 4. The third kappa shape index (κ3) is 1.72. The largest absolute Gasteiger partial charge is 0.392 e. The monoisotopic (exact) mass is 274 g/mol. The number of carbonyl (C=O) groups excluding carboxylic acids is 3. The van der Waals surface area contributed by atoms with E-state index in [1.807, 2.05) is 0 Å². The highest BCUT2D eigenvalue weighted by atomic mass is 16.3. The fourth-order valence-corrected chi connectivity index (χ4v) is 2.46. The summed E-state index contributed by atoms with van der Waals surface area (Å²) in [4.78, 5) is 40.9. The lowest BCUT2D eigenvalue weighted by Gasteiger charge is -2.13. The lowest BCUT2D eigenvalue weighted by Crippen LogP contribution is -2.21. The Morgan fingerprint density at radius 1 is 1.40 bits per heavy atom. The quantitative estimate of drug-likeness (QED) is 0.622. The average Bonchev–Trinajstić information content (AvgIpc) is 3.20. The number of nitrogens with zero attached hydrogens (tertiary/aromatic N) is 1. The molecule has 0 atom stereocenters. The van der Waals surface area contributed by atoms with Crippen LogP contribution in [0.2, 0.25) is 0 Å². The molecule has 1 aliphatic heterocycles. The van der Waals surface area contributed by atoms with E-state index in [0.717, 1.165) is 13.1 Å². The molecule has 104 valence electrons. The van der Waals surface area contributed by atoms with Gasteiger partial charge in [-0.25, -0.2) is 0 Å². The first-order valence-corrected chi connectivity index (χ1v) is 6.53. The number of nitrogens with one attached hydrogen (secondary N) is 1.